The SMILES string of the molecule is Cc1ccc(C)c(-n2ccn3c(=O)n(CC(C)C)nc3c2=O)c1. The van der Waals surface area contributed by atoms with E-state index in [1.165, 1.54) is 9.08 Å². The van der Waals surface area contributed by atoms with Gasteiger partial charge in [-0.3, -0.25) is 9.36 Å². The first-order valence-electron chi connectivity index (χ1n) is 7.67. The standard InChI is InChI=1S/C17H20N4O2/c1-11(2)10-21-17(23)20-8-7-19(16(22)15(20)18-21)14-9-12(3)5-6-13(14)4/h5-9,11H,10H2,1-4H3. The smallest absolute Gasteiger partial charge is 0.279 e. The summed E-state index contributed by atoms with van der Waals surface area (Å²) in [5, 5.41) is 4.22. The summed E-state index contributed by atoms with van der Waals surface area (Å²) in [7, 11) is 0. The molecule has 0 saturated carbocycles. The zero-order valence-corrected chi connectivity index (χ0v) is 13.8. The molecule has 2 aromatic heterocycles. The number of hydrogen-bond acceptors (Lipinski definition) is 3. The molecule has 3 rings (SSSR count). The Morgan fingerprint density at radius 2 is 1.87 bits per heavy atom. The molecule has 3 aromatic rings. The minimum Gasteiger partial charge on any atom is -0.279 e. The van der Waals surface area contributed by atoms with Crippen LogP contribution >= 0.6 is 0 Å². The van der Waals surface area contributed by atoms with Crippen LogP contribution in [0.4, 0.5) is 0 Å². The Hall–Kier alpha value is -2.63. The van der Waals surface area contributed by atoms with Crippen molar-refractivity contribution in [2.24, 2.45) is 5.92 Å². The van der Waals surface area contributed by atoms with E-state index < -0.39 is 0 Å². The molecular weight excluding hydrogens is 292 g/mol. The molecule has 0 bridgehead atoms. The first-order valence-corrected chi connectivity index (χ1v) is 7.67. The van der Waals surface area contributed by atoms with E-state index in [4.69, 9.17) is 0 Å². The fraction of sp³-hybridized carbons (Fsp3) is 0.353. The van der Waals surface area contributed by atoms with Crippen molar-refractivity contribution in [3.63, 3.8) is 0 Å². The second-order valence-corrected chi connectivity index (χ2v) is 6.32. The van der Waals surface area contributed by atoms with Gasteiger partial charge in [-0.1, -0.05) is 26.0 Å². The summed E-state index contributed by atoms with van der Waals surface area (Å²) < 4.78 is 4.21. The summed E-state index contributed by atoms with van der Waals surface area (Å²) in [6.07, 6.45) is 3.23. The number of rotatable bonds is 3. The average molecular weight is 312 g/mol. The molecule has 6 nitrogen and oxygen atoms in total. The highest BCUT2D eigenvalue weighted by Gasteiger charge is 2.14. The lowest BCUT2D eigenvalue weighted by Gasteiger charge is -2.09. The number of aromatic nitrogens is 4. The van der Waals surface area contributed by atoms with E-state index in [-0.39, 0.29) is 22.8 Å². The fourth-order valence-corrected chi connectivity index (χ4v) is 2.64. The highest BCUT2D eigenvalue weighted by Crippen LogP contribution is 2.14. The molecule has 0 saturated heterocycles. The van der Waals surface area contributed by atoms with Crippen molar-refractivity contribution in [1.29, 1.82) is 0 Å². The van der Waals surface area contributed by atoms with E-state index in [9.17, 15) is 9.59 Å². The first-order chi connectivity index (χ1) is 10.9. The van der Waals surface area contributed by atoms with Crippen LogP contribution < -0.4 is 11.2 Å². The summed E-state index contributed by atoms with van der Waals surface area (Å²) in [6.45, 7) is 8.43. The second-order valence-electron chi connectivity index (χ2n) is 6.32. The van der Waals surface area contributed by atoms with Gasteiger partial charge in [0.05, 0.1) is 5.69 Å². The van der Waals surface area contributed by atoms with E-state index in [1.807, 2.05) is 45.9 Å². The largest absolute Gasteiger partial charge is 0.350 e. The Bertz CT molecular complexity index is 992. The highest BCUT2D eigenvalue weighted by molar-refractivity contribution is 5.46. The zero-order valence-electron chi connectivity index (χ0n) is 13.8. The maximum atomic E-state index is 12.8. The third-order valence-electron chi connectivity index (χ3n) is 3.81. The van der Waals surface area contributed by atoms with Crippen molar-refractivity contribution in [1.82, 2.24) is 18.7 Å². The van der Waals surface area contributed by atoms with Crippen molar-refractivity contribution in [2.45, 2.75) is 34.2 Å². The van der Waals surface area contributed by atoms with Crippen LogP contribution in [0.5, 0.6) is 0 Å². The maximum Gasteiger partial charge on any atom is 0.350 e. The number of fused-ring (bicyclic) bond motifs is 1. The van der Waals surface area contributed by atoms with E-state index >= 15 is 0 Å². The molecule has 120 valence electrons. The number of nitrogens with zero attached hydrogens (tertiary/aromatic N) is 4. The van der Waals surface area contributed by atoms with Gasteiger partial charge in [0.15, 0.2) is 0 Å². The van der Waals surface area contributed by atoms with E-state index in [0.29, 0.717) is 6.54 Å². The molecule has 0 unspecified atom stereocenters. The van der Waals surface area contributed by atoms with E-state index in [2.05, 4.69) is 5.10 Å². The number of hydrogen-bond donors (Lipinski definition) is 0. The molecular formula is C17H20N4O2. The predicted molar refractivity (Wildman–Crippen MR) is 89.4 cm³/mol. The van der Waals surface area contributed by atoms with Crippen molar-refractivity contribution in [2.75, 3.05) is 0 Å². The van der Waals surface area contributed by atoms with Gasteiger partial charge < -0.3 is 0 Å². The normalized spacial score (nSPS) is 11.5. The molecule has 0 spiro atoms. The quantitative estimate of drug-likeness (QED) is 0.742. The molecule has 0 atom stereocenters. The summed E-state index contributed by atoms with van der Waals surface area (Å²) in [5.41, 5.74) is 2.45. The first kappa shape index (κ1) is 15.3. The minimum atomic E-state index is -0.291. The minimum absolute atomic E-state index is 0.152. The molecule has 1 aromatic carbocycles. The molecule has 0 aliphatic heterocycles. The highest BCUT2D eigenvalue weighted by atomic mass is 16.2. The fourth-order valence-electron chi connectivity index (χ4n) is 2.64. The summed E-state index contributed by atoms with van der Waals surface area (Å²) >= 11 is 0. The lowest BCUT2D eigenvalue weighted by atomic mass is 10.1. The van der Waals surface area contributed by atoms with Crippen molar-refractivity contribution >= 4 is 5.65 Å². The molecule has 0 aliphatic carbocycles. The molecule has 0 amide bonds. The van der Waals surface area contributed by atoms with E-state index in [0.717, 1.165) is 16.8 Å². The Kier molecular flexibility index (Phi) is 3.67. The van der Waals surface area contributed by atoms with Crippen LogP contribution in [0.25, 0.3) is 11.3 Å². The van der Waals surface area contributed by atoms with Gasteiger partial charge in [-0.2, -0.15) is 0 Å². The van der Waals surface area contributed by atoms with Crippen LogP contribution in [0.15, 0.2) is 40.2 Å². The molecule has 0 fully saturated rings. The van der Waals surface area contributed by atoms with Gasteiger partial charge in [-0.05, 0) is 37.0 Å². The number of aryl methyl sites for hydroxylation is 2. The Balaban J connectivity index is 2.26. The monoisotopic (exact) mass is 312 g/mol. The lowest BCUT2D eigenvalue weighted by molar-refractivity contribution is 0.471. The van der Waals surface area contributed by atoms with Crippen molar-refractivity contribution < 1.29 is 0 Å². The van der Waals surface area contributed by atoms with Gasteiger partial charge in [0.1, 0.15) is 0 Å². The molecule has 2 heterocycles. The molecule has 0 aliphatic rings. The van der Waals surface area contributed by atoms with E-state index in [1.54, 1.807) is 17.0 Å². The molecule has 0 N–H and O–H groups in total. The van der Waals surface area contributed by atoms with Gasteiger partial charge in [0, 0.05) is 18.9 Å². The van der Waals surface area contributed by atoms with Crippen LogP contribution in [0.1, 0.15) is 25.0 Å². The Morgan fingerprint density at radius 1 is 1.13 bits per heavy atom. The number of benzene rings is 1. The summed E-state index contributed by atoms with van der Waals surface area (Å²) in [4.78, 5) is 25.1. The van der Waals surface area contributed by atoms with Crippen molar-refractivity contribution in [3.8, 4) is 5.69 Å². The second kappa shape index (κ2) is 5.53. The molecule has 23 heavy (non-hydrogen) atoms. The van der Waals surface area contributed by atoms with Crippen molar-refractivity contribution in [3.05, 3.63) is 62.6 Å². The zero-order chi connectivity index (χ0) is 16.7. The van der Waals surface area contributed by atoms with Gasteiger partial charge in [0.2, 0.25) is 5.65 Å². The lowest BCUT2D eigenvalue weighted by Crippen LogP contribution is -2.25. The van der Waals surface area contributed by atoms with Gasteiger partial charge in [-0.15, -0.1) is 5.10 Å². The molecule has 0 radical (unpaired) electrons. The third-order valence-corrected chi connectivity index (χ3v) is 3.81. The third kappa shape index (κ3) is 2.60. The molecule has 6 heteroatoms. The average Bonchev–Trinajstić information content (AvgIpc) is 2.80. The summed E-state index contributed by atoms with van der Waals surface area (Å²) in [5.74, 6) is 0.277. The van der Waals surface area contributed by atoms with Crippen LogP contribution in [-0.2, 0) is 6.54 Å². The van der Waals surface area contributed by atoms with Crippen LogP contribution in [-0.4, -0.2) is 18.7 Å². The van der Waals surface area contributed by atoms with Crippen LogP contribution in [0.2, 0.25) is 0 Å². The topological polar surface area (TPSA) is 61.3 Å². The predicted octanol–water partition coefficient (Wildman–Crippen LogP) is 1.92. The van der Waals surface area contributed by atoms with Gasteiger partial charge in [0.25, 0.3) is 0 Å². The Morgan fingerprint density at radius 3 is 2.57 bits per heavy atom. The van der Waals surface area contributed by atoms with Crippen LogP contribution in [0, 0.1) is 19.8 Å². The van der Waals surface area contributed by atoms with Gasteiger partial charge >= 0.3 is 11.2 Å². The van der Waals surface area contributed by atoms with Crippen LogP contribution in [0.3, 0.4) is 0 Å². The Labute approximate surface area is 133 Å². The summed E-state index contributed by atoms with van der Waals surface area (Å²) in [6, 6.07) is 5.94. The maximum absolute atomic E-state index is 12.8. The van der Waals surface area contributed by atoms with Gasteiger partial charge in [-0.25, -0.2) is 13.9 Å².